The highest BCUT2D eigenvalue weighted by molar-refractivity contribution is 6.18. The lowest BCUT2D eigenvalue weighted by Gasteiger charge is -1.70. The fourth-order valence-electron chi connectivity index (χ4n) is 0.351. The molecule has 38 valence electrons. The molecule has 0 aromatic carbocycles. The summed E-state index contributed by atoms with van der Waals surface area (Å²) in [6.07, 6.45) is 2.97. The van der Waals surface area contributed by atoms with Gasteiger partial charge in [-0.1, -0.05) is 0 Å². The molecule has 0 aromatic heterocycles. The maximum atomic E-state index is 9.56. The van der Waals surface area contributed by atoms with Crippen molar-refractivity contribution < 1.29 is 4.79 Å². The van der Waals surface area contributed by atoms with Crippen LogP contribution in [0, 0.1) is 0 Å². The van der Waals surface area contributed by atoms with E-state index in [1.165, 1.54) is 18.4 Å². The lowest BCUT2D eigenvalue weighted by molar-refractivity contribution is 0.569. The molecule has 3 nitrogen and oxygen atoms in total. The maximum Gasteiger partial charge on any atom is 0.208 e. The average molecular weight is 106 g/mol. The van der Waals surface area contributed by atoms with Crippen molar-refractivity contribution in [2.24, 2.45) is 9.98 Å². The second-order valence-electron chi connectivity index (χ2n) is 1.11. The van der Waals surface area contributed by atoms with Crippen LogP contribution in [0.2, 0.25) is 0 Å². The first-order valence-corrected chi connectivity index (χ1v) is 2.00. The first-order chi connectivity index (χ1) is 3.93. The Bertz CT molecular complexity index is 213. The van der Waals surface area contributed by atoms with Gasteiger partial charge >= 0.3 is 0 Å². The Balaban J connectivity index is 3.08. The third kappa shape index (κ3) is 0.793. The fraction of sp³-hybridized carbons (Fsp3) is 0. The molecule has 0 saturated carbocycles. The second-order valence-corrected chi connectivity index (χ2v) is 1.11. The summed E-state index contributed by atoms with van der Waals surface area (Å²) < 4.78 is 0. The van der Waals surface area contributed by atoms with Crippen LogP contribution in [0.25, 0.3) is 0 Å². The Morgan fingerprint density at radius 2 is 2.00 bits per heavy atom. The van der Waals surface area contributed by atoms with Crippen molar-refractivity contribution in [2.75, 3.05) is 0 Å². The summed E-state index contributed by atoms with van der Waals surface area (Å²) in [6.45, 7) is 0. The van der Waals surface area contributed by atoms with Gasteiger partial charge in [-0.25, -0.2) is 14.8 Å². The minimum absolute atomic E-state index is 0.292. The molecule has 1 aliphatic rings. The molecule has 1 heterocycles. The summed E-state index contributed by atoms with van der Waals surface area (Å²) in [6, 6.07) is 0. The molecule has 0 saturated heterocycles. The molecule has 1 aliphatic heterocycles. The van der Waals surface area contributed by atoms with Crippen molar-refractivity contribution >= 4 is 18.4 Å². The first-order valence-electron chi connectivity index (χ1n) is 2.00. The molecule has 0 fully saturated rings. The van der Waals surface area contributed by atoms with E-state index in [4.69, 9.17) is 0 Å². The molecule has 0 atom stereocenters. The van der Waals surface area contributed by atoms with E-state index in [0.29, 0.717) is 5.82 Å². The van der Waals surface area contributed by atoms with Crippen molar-refractivity contribution in [3.05, 3.63) is 11.6 Å². The van der Waals surface area contributed by atoms with E-state index in [2.05, 4.69) is 15.7 Å². The molecule has 0 unspecified atom stereocenters. The molecule has 0 radical (unpaired) electrons. The number of carbonyl (C=O) groups excluding carboxylic acids is 1. The standard InChI is InChI=1S/C5H2N2O/c8-4-1-5-6-2-3-7-5/h2-3H. The molecule has 0 spiro atoms. The van der Waals surface area contributed by atoms with E-state index in [0.717, 1.165) is 0 Å². The Hall–Kier alpha value is -1.43. The predicted molar refractivity (Wildman–Crippen MR) is 29.7 cm³/mol. The van der Waals surface area contributed by atoms with Crippen molar-refractivity contribution in [3.8, 4) is 0 Å². The lowest BCUT2D eigenvalue weighted by atomic mass is 10.8. The van der Waals surface area contributed by atoms with Crippen LogP contribution in [-0.4, -0.2) is 18.4 Å². The molecule has 1 rings (SSSR count). The highest BCUT2D eigenvalue weighted by Gasteiger charge is 1.88. The van der Waals surface area contributed by atoms with Gasteiger partial charge in [0, 0.05) is 18.2 Å². The number of hydrogen-bond donors (Lipinski definition) is 0. The van der Waals surface area contributed by atoms with E-state index in [1.807, 2.05) is 0 Å². The number of nitrogens with zero attached hydrogens (tertiary/aromatic N) is 2. The zero-order valence-corrected chi connectivity index (χ0v) is 3.96. The Kier molecular flexibility index (Phi) is 1.20. The zero-order chi connectivity index (χ0) is 5.82. The van der Waals surface area contributed by atoms with Gasteiger partial charge in [0.15, 0.2) is 5.94 Å². The average Bonchev–Trinajstić information content (AvgIpc) is 2.19. The molecule has 0 N–H and O–H groups in total. The SMILES string of the molecule is O=C=C=C1N=CC=N1. The summed E-state index contributed by atoms with van der Waals surface area (Å²) in [4.78, 5) is 16.8. The zero-order valence-electron chi connectivity index (χ0n) is 3.96. The topological polar surface area (TPSA) is 41.8 Å². The Morgan fingerprint density at radius 3 is 2.50 bits per heavy atom. The maximum absolute atomic E-state index is 9.56. The smallest absolute Gasteiger partial charge is 0.208 e. The van der Waals surface area contributed by atoms with Crippen molar-refractivity contribution in [1.29, 1.82) is 0 Å². The van der Waals surface area contributed by atoms with Crippen molar-refractivity contribution in [2.45, 2.75) is 0 Å². The first kappa shape index (κ1) is 4.72. The summed E-state index contributed by atoms with van der Waals surface area (Å²) in [5.74, 6) is 1.74. The minimum Gasteiger partial charge on any atom is -0.228 e. The fourth-order valence-corrected chi connectivity index (χ4v) is 0.351. The van der Waals surface area contributed by atoms with Crippen LogP contribution in [0.1, 0.15) is 0 Å². The molecular formula is C5H2N2O. The molecule has 3 heteroatoms. The van der Waals surface area contributed by atoms with Crippen LogP contribution in [0.5, 0.6) is 0 Å². The Labute approximate surface area is 45.8 Å². The quantitative estimate of drug-likeness (QED) is 0.316. The van der Waals surface area contributed by atoms with Crippen LogP contribution in [-0.2, 0) is 4.79 Å². The van der Waals surface area contributed by atoms with E-state index in [1.54, 1.807) is 0 Å². The van der Waals surface area contributed by atoms with E-state index in [-0.39, 0.29) is 0 Å². The largest absolute Gasteiger partial charge is 0.228 e. The summed E-state index contributed by atoms with van der Waals surface area (Å²) in [5.41, 5.74) is 2.16. The van der Waals surface area contributed by atoms with E-state index in [9.17, 15) is 4.79 Å². The van der Waals surface area contributed by atoms with E-state index >= 15 is 0 Å². The van der Waals surface area contributed by atoms with Gasteiger partial charge in [0.2, 0.25) is 5.82 Å². The monoisotopic (exact) mass is 106 g/mol. The van der Waals surface area contributed by atoms with Crippen LogP contribution in [0.4, 0.5) is 0 Å². The van der Waals surface area contributed by atoms with Gasteiger partial charge in [-0.3, -0.25) is 0 Å². The molecule has 8 heavy (non-hydrogen) atoms. The molecule has 0 bridgehead atoms. The number of aliphatic imine (C=N–C) groups is 2. The van der Waals surface area contributed by atoms with Crippen LogP contribution in [0.15, 0.2) is 21.5 Å². The minimum atomic E-state index is 0.292. The second kappa shape index (κ2) is 2.03. The predicted octanol–water partition coefficient (Wildman–Crippen LogP) is -0.0303. The van der Waals surface area contributed by atoms with Crippen molar-refractivity contribution in [3.63, 3.8) is 0 Å². The van der Waals surface area contributed by atoms with Crippen LogP contribution < -0.4 is 0 Å². The van der Waals surface area contributed by atoms with Crippen molar-refractivity contribution in [1.82, 2.24) is 0 Å². The molecule has 0 aliphatic carbocycles. The third-order valence-electron chi connectivity index (χ3n) is 0.623. The highest BCUT2D eigenvalue weighted by atomic mass is 16.1. The van der Waals surface area contributed by atoms with Gasteiger partial charge in [-0.15, -0.1) is 0 Å². The highest BCUT2D eigenvalue weighted by Crippen LogP contribution is 1.95. The lowest BCUT2D eigenvalue weighted by Crippen LogP contribution is -1.57. The Morgan fingerprint density at radius 1 is 1.38 bits per heavy atom. The summed E-state index contributed by atoms with van der Waals surface area (Å²) in [5, 5.41) is 0. The molecular weight excluding hydrogens is 104 g/mol. The van der Waals surface area contributed by atoms with Gasteiger partial charge in [0.25, 0.3) is 0 Å². The van der Waals surface area contributed by atoms with Crippen LogP contribution in [0.3, 0.4) is 0 Å². The van der Waals surface area contributed by atoms with Gasteiger partial charge in [-0.2, -0.15) is 0 Å². The number of hydrogen-bond acceptors (Lipinski definition) is 3. The van der Waals surface area contributed by atoms with Crippen LogP contribution >= 0.6 is 0 Å². The van der Waals surface area contributed by atoms with Gasteiger partial charge in [0.1, 0.15) is 0 Å². The third-order valence-corrected chi connectivity index (χ3v) is 0.623. The van der Waals surface area contributed by atoms with Gasteiger partial charge in [-0.05, 0) is 0 Å². The summed E-state index contributed by atoms with van der Waals surface area (Å²) >= 11 is 0. The van der Waals surface area contributed by atoms with Gasteiger partial charge in [0.05, 0.1) is 0 Å². The van der Waals surface area contributed by atoms with E-state index < -0.39 is 0 Å². The molecule has 0 amide bonds. The van der Waals surface area contributed by atoms with Gasteiger partial charge < -0.3 is 0 Å². The molecule has 0 aromatic rings. The normalized spacial score (nSPS) is 13.8. The number of rotatable bonds is 0. The summed E-state index contributed by atoms with van der Waals surface area (Å²) in [7, 11) is 0.